The molecule has 2 aliphatic rings. The van der Waals surface area contributed by atoms with Gasteiger partial charge in [0.25, 0.3) is 0 Å². The van der Waals surface area contributed by atoms with Crippen molar-refractivity contribution in [2.75, 3.05) is 4.90 Å². The molecule has 356 valence electrons. The van der Waals surface area contributed by atoms with Crippen molar-refractivity contribution in [2.24, 2.45) is 0 Å². The third-order valence-corrected chi connectivity index (χ3v) is 16.4. The molecule has 15 rings (SSSR count). The molecular formula is C74H49NO. The molecule has 2 aliphatic carbocycles. The molecule has 0 saturated carbocycles. The summed E-state index contributed by atoms with van der Waals surface area (Å²) in [4.78, 5) is 2.39. The van der Waals surface area contributed by atoms with Gasteiger partial charge in [0.1, 0.15) is 11.2 Å². The van der Waals surface area contributed by atoms with Gasteiger partial charge in [-0.1, -0.05) is 237 Å². The van der Waals surface area contributed by atoms with E-state index < -0.39 is 10.8 Å². The number of anilines is 3. The van der Waals surface area contributed by atoms with Crippen molar-refractivity contribution in [1.29, 1.82) is 0 Å². The first-order valence-electron chi connectivity index (χ1n) is 26.3. The molecule has 0 fully saturated rings. The van der Waals surface area contributed by atoms with E-state index in [1.165, 1.54) is 66.8 Å². The first kappa shape index (κ1) is 43.8. The maximum absolute atomic E-state index is 6.60. The second-order valence-corrected chi connectivity index (χ2v) is 20.3. The average Bonchev–Trinajstić information content (AvgIpc) is 4.25. The summed E-state index contributed by atoms with van der Waals surface area (Å²) >= 11 is 0. The SMILES string of the molecule is c1ccc(C2(c3ccccc3)c3ccccc3-c3ccc(-c4cccc(N(c5cccc(-c6ccc7c(c6)C(c6ccccc6)(c6ccccc6)c6ccccc6-7)c5)c5ccc6c(c5)oc5ccccc56)c4)cc32)cc1. The molecule has 12 aromatic carbocycles. The number of hydrogen-bond donors (Lipinski definition) is 0. The Bertz CT molecular complexity index is 4040. The lowest BCUT2D eigenvalue weighted by Gasteiger charge is -2.34. The summed E-state index contributed by atoms with van der Waals surface area (Å²) in [7, 11) is 0. The molecule has 2 nitrogen and oxygen atoms in total. The Kier molecular flexibility index (Phi) is 10.0. The van der Waals surface area contributed by atoms with E-state index in [2.05, 4.69) is 296 Å². The van der Waals surface area contributed by atoms with Crippen LogP contribution in [0.2, 0.25) is 0 Å². The van der Waals surface area contributed by atoms with Gasteiger partial charge in [-0.2, -0.15) is 0 Å². The Balaban J connectivity index is 0.901. The molecule has 2 heteroatoms. The first-order chi connectivity index (χ1) is 37.7. The van der Waals surface area contributed by atoms with Crippen LogP contribution in [0.15, 0.2) is 302 Å². The van der Waals surface area contributed by atoms with Crippen LogP contribution >= 0.6 is 0 Å². The van der Waals surface area contributed by atoms with Crippen molar-refractivity contribution in [3.63, 3.8) is 0 Å². The lowest BCUT2D eigenvalue weighted by Crippen LogP contribution is -2.28. The smallest absolute Gasteiger partial charge is 0.137 e. The van der Waals surface area contributed by atoms with E-state index >= 15 is 0 Å². The van der Waals surface area contributed by atoms with Gasteiger partial charge >= 0.3 is 0 Å². The second-order valence-electron chi connectivity index (χ2n) is 20.3. The van der Waals surface area contributed by atoms with Gasteiger partial charge in [-0.05, 0) is 144 Å². The molecular weight excluding hydrogens is 919 g/mol. The Morgan fingerprint density at radius 2 is 0.618 bits per heavy atom. The summed E-state index contributed by atoms with van der Waals surface area (Å²) in [5.74, 6) is 0. The van der Waals surface area contributed by atoms with Crippen molar-refractivity contribution in [3.8, 4) is 44.5 Å². The molecule has 13 aromatic rings. The van der Waals surface area contributed by atoms with Crippen LogP contribution in [-0.2, 0) is 10.8 Å². The number of nitrogens with zero attached hydrogens (tertiary/aromatic N) is 1. The predicted octanol–water partition coefficient (Wildman–Crippen LogP) is 19.1. The van der Waals surface area contributed by atoms with Crippen LogP contribution < -0.4 is 4.90 Å². The van der Waals surface area contributed by atoms with E-state index in [-0.39, 0.29) is 0 Å². The molecule has 1 heterocycles. The highest BCUT2D eigenvalue weighted by Gasteiger charge is 2.47. The maximum atomic E-state index is 6.60. The molecule has 76 heavy (non-hydrogen) atoms. The molecule has 0 atom stereocenters. The number of fused-ring (bicyclic) bond motifs is 9. The quantitative estimate of drug-likeness (QED) is 0.143. The van der Waals surface area contributed by atoms with Crippen molar-refractivity contribution in [2.45, 2.75) is 10.8 Å². The summed E-state index contributed by atoms with van der Waals surface area (Å²) in [6, 6.07) is 109. The summed E-state index contributed by atoms with van der Waals surface area (Å²) < 4.78 is 6.60. The van der Waals surface area contributed by atoms with Crippen molar-refractivity contribution < 1.29 is 4.42 Å². The van der Waals surface area contributed by atoms with Gasteiger partial charge in [0, 0.05) is 33.9 Å². The molecule has 0 unspecified atom stereocenters. The Labute approximate surface area is 443 Å². The maximum Gasteiger partial charge on any atom is 0.137 e. The molecule has 1 aromatic heterocycles. The standard InChI is InChI=1S/C74H49NO/c1-5-23-54(24-6-1)73(55-25-7-2-8-26-55)67-36-16-13-33-61(67)63-42-39-52(47-69(63)73)50-21-19-31-58(45-50)75(60-41-44-66-65-35-15-18-38-71(65)76-72(66)49-60)59-32-20-22-51(46-59)53-40-43-64-62-34-14-17-37-68(62)74(70(64)48-53,56-27-9-3-10-28-56)57-29-11-4-12-30-57/h1-49H. The van der Waals surface area contributed by atoms with E-state index in [9.17, 15) is 0 Å². The zero-order chi connectivity index (χ0) is 50.2. The van der Waals surface area contributed by atoms with Crippen LogP contribution in [0.5, 0.6) is 0 Å². The predicted molar refractivity (Wildman–Crippen MR) is 314 cm³/mol. The molecule has 0 radical (unpaired) electrons. The van der Waals surface area contributed by atoms with Crippen LogP contribution in [0.1, 0.15) is 44.5 Å². The van der Waals surface area contributed by atoms with Gasteiger partial charge in [-0.25, -0.2) is 0 Å². The van der Waals surface area contributed by atoms with Gasteiger partial charge in [0.15, 0.2) is 0 Å². The highest BCUT2D eigenvalue weighted by molar-refractivity contribution is 6.06. The van der Waals surface area contributed by atoms with Gasteiger partial charge in [-0.3, -0.25) is 0 Å². The highest BCUT2D eigenvalue weighted by Crippen LogP contribution is 2.58. The third kappa shape index (κ3) is 6.54. The number of rotatable bonds is 9. The van der Waals surface area contributed by atoms with Gasteiger partial charge < -0.3 is 9.32 Å². The van der Waals surface area contributed by atoms with Crippen molar-refractivity contribution in [3.05, 3.63) is 342 Å². The fourth-order valence-corrected chi connectivity index (χ4v) is 13.2. The fourth-order valence-electron chi connectivity index (χ4n) is 13.2. The summed E-state index contributed by atoms with van der Waals surface area (Å²) in [5, 5.41) is 2.21. The number of hydrogen-bond acceptors (Lipinski definition) is 2. The molecule has 0 spiro atoms. The number of para-hydroxylation sites is 1. The lowest BCUT2D eigenvalue weighted by molar-refractivity contribution is 0.669. The second kappa shape index (κ2) is 17.4. The Morgan fingerprint density at radius 3 is 1.11 bits per heavy atom. The normalized spacial score (nSPS) is 13.5. The third-order valence-electron chi connectivity index (χ3n) is 16.4. The highest BCUT2D eigenvalue weighted by atomic mass is 16.3. The van der Waals surface area contributed by atoms with Crippen LogP contribution in [0.4, 0.5) is 17.1 Å². The van der Waals surface area contributed by atoms with Gasteiger partial charge in [0.2, 0.25) is 0 Å². The molecule has 0 amide bonds. The number of benzene rings is 12. The van der Waals surface area contributed by atoms with Gasteiger partial charge in [-0.15, -0.1) is 0 Å². The lowest BCUT2D eigenvalue weighted by atomic mass is 9.67. The van der Waals surface area contributed by atoms with Crippen molar-refractivity contribution >= 4 is 39.0 Å². The monoisotopic (exact) mass is 967 g/mol. The van der Waals surface area contributed by atoms with Crippen LogP contribution in [0, 0.1) is 0 Å². The zero-order valence-electron chi connectivity index (χ0n) is 41.6. The summed E-state index contributed by atoms with van der Waals surface area (Å²) in [5.41, 5.74) is 23.7. The summed E-state index contributed by atoms with van der Waals surface area (Å²) in [6.45, 7) is 0. The van der Waals surface area contributed by atoms with E-state index in [0.717, 1.165) is 61.3 Å². The molecule has 0 saturated heterocycles. The van der Waals surface area contributed by atoms with Crippen molar-refractivity contribution in [1.82, 2.24) is 0 Å². The van der Waals surface area contributed by atoms with E-state index in [1.807, 2.05) is 6.07 Å². The first-order valence-corrected chi connectivity index (χ1v) is 26.3. The Morgan fingerprint density at radius 1 is 0.237 bits per heavy atom. The Hall–Kier alpha value is -9.76. The van der Waals surface area contributed by atoms with Crippen LogP contribution in [-0.4, -0.2) is 0 Å². The topological polar surface area (TPSA) is 16.4 Å². The minimum atomic E-state index is -0.501. The van der Waals surface area contributed by atoms with E-state index in [1.54, 1.807) is 0 Å². The summed E-state index contributed by atoms with van der Waals surface area (Å²) in [6.07, 6.45) is 0. The molecule has 0 aliphatic heterocycles. The molecule has 0 bridgehead atoms. The van der Waals surface area contributed by atoms with Gasteiger partial charge in [0.05, 0.1) is 10.8 Å². The number of furan rings is 1. The van der Waals surface area contributed by atoms with Crippen LogP contribution in [0.3, 0.4) is 0 Å². The van der Waals surface area contributed by atoms with E-state index in [4.69, 9.17) is 4.42 Å². The van der Waals surface area contributed by atoms with E-state index in [0.29, 0.717) is 0 Å². The zero-order valence-corrected chi connectivity index (χ0v) is 41.6. The van der Waals surface area contributed by atoms with Crippen LogP contribution in [0.25, 0.3) is 66.4 Å². The average molecular weight is 968 g/mol. The minimum absolute atomic E-state index is 0.501. The largest absolute Gasteiger partial charge is 0.456 e. The molecule has 0 N–H and O–H groups in total. The fraction of sp³-hybridized carbons (Fsp3) is 0.0270. The minimum Gasteiger partial charge on any atom is -0.456 e.